The van der Waals surface area contributed by atoms with Gasteiger partial charge in [0.1, 0.15) is 0 Å². The number of carbonyl (C=O) groups is 1. The SMILES string of the molecule is CC/C=C\CCO.O=C1/C=C\CCCCCCCCCCCCO1. The van der Waals surface area contributed by atoms with Crippen molar-refractivity contribution in [3.05, 3.63) is 24.3 Å². The second kappa shape index (κ2) is 20.0. The maximum Gasteiger partial charge on any atom is 0.330 e. The Bertz CT molecular complexity index is 321. The number of cyclic esters (lactones) is 1. The number of carbonyl (C=O) groups excluding carboxylic acids is 1. The van der Waals surface area contributed by atoms with E-state index in [4.69, 9.17) is 9.84 Å². The van der Waals surface area contributed by atoms with E-state index >= 15 is 0 Å². The van der Waals surface area contributed by atoms with Crippen LogP contribution in [0, 0.1) is 0 Å². The summed E-state index contributed by atoms with van der Waals surface area (Å²) in [6.07, 6.45) is 23.3. The molecule has 0 bridgehead atoms. The lowest BCUT2D eigenvalue weighted by Crippen LogP contribution is -2.02. The Morgan fingerprint density at radius 3 is 2.12 bits per heavy atom. The highest BCUT2D eigenvalue weighted by Crippen LogP contribution is 2.12. The van der Waals surface area contributed by atoms with Gasteiger partial charge in [0, 0.05) is 12.7 Å². The molecule has 1 aliphatic rings. The molecular formula is C21H38O3. The molecule has 0 unspecified atom stereocenters. The zero-order valence-corrected chi connectivity index (χ0v) is 15.7. The fraction of sp³-hybridized carbons (Fsp3) is 0.762. The molecule has 0 fully saturated rings. The summed E-state index contributed by atoms with van der Waals surface area (Å²) in [6.45, 7) is 2.94. The van der Waals surface area contributed by atoms with Crippen LogP contribution in [0.3, 0.4) is 0 Å². The van der Waals surface area contributed by atoms with E-state index in [1.165, 1.54) is 57.8 Å². The molecule has 0 aromatic heterocycles. The lowest BCUT2D eigenvalue weighted by molar-refractivity contribution is -0.137. The minimum atomic E-state index is -0.169. The molecular weight excluding hydrogens is 300 g/mol. The molecule has 24 heavy (non-hydrogen) atoms. The zero-order chi connectivity index (χ0) is 17.7. The third-order valence-corrected chi connectivity index (χ3v) is 3.96. The van der Waals surface area contributed by atoms with Crippen LogP contribution in [-0.2, 0) is 9.53 Å². The number of aliphatic hydroxyl groups excluding tert-OH is 1. The minimum absolute atomic E-state index is 0.169. The van der Waals surface area contributed by atoms with E-state index in [1.807, 2.05) is 12.2 Å². The highest BCUT2D eigenvalue weighted by atomic mass is 16.5. The van der Waals surface area contributed by atoms with Crippen LogP contribution in [0.25, 0.3) is 0 Å². The largest absolute Gasteiger partial charge is 0.463 e. The molecule has 0 aromatic rings. The van der Waals surface area contributed by atoms with Gasteiger partial charge in [-0.15, -0.1) is 0 Å². The molecule has 3 heteroatoms. The number of rotatable bonds is 3. The standard InChI is InChI=1S/C15H26O2.C6H12O/c16-15-13-11-9-7-5-3-1-2-4-6-8-10-12-14-17-15;1-2-3-4-5-6-7/h11,13H,1-10,12,14H2;3-4,7H,2,5-6H2,1H3/b13-11-;4-3-. The van der Waals surface area contributed by atoms with Gasteiger partial charge in [0.15, 0.2) is 0 Å². The summed E-state index contributed by atoms with van der Waals surface area (Å²) in [4.78, 5) is 11.3. The molecule has 140 valence electrons. The average Bonchev–Trinajstić information content (AvgIpc) is 2.58. The molecule has 0 spiro atoms. The van der Waals surface area contributed by atoms with Gasteiger partial charge >= 0.3 is 5.97 Å². The number of ether oxygens (including phenoxy) is 1. The van der Waals surface area contributed by atoms with Gasteiger partial charge in [-0.2, -0.15) is 0 Å². The van der Waals surface area contributed by atoms with Crippen molar-refractivity contribution in [1.82, 2.24) is 0 Å². The average molecular weight is 339 g/mol. The lowest BCUT2D eigenvalue weighted by Gasteiger charge is -2.04. The van der Waals surface area contributed by atoms with Gasteiger partial charge < -0.3 is 9.84 Å². The van der Waals surface area contributed by atoms with Crippen molar-refractivity contribution in [1.29, 1.82) is 0 Å². The Balaban J connectivity index is 0.000000640. The molecule has 3 nitrogen and oxygen atoms in total. The van der Waals surface area contributed by atoms with Crippen molar-refractivity contribution in [2.75, 3.05) is 13.2 Å². The summed E-state index contributed by atoms with van der Waals surface area (Å²) in [5.41, 5.74) is 0. The van der Waals surface area contributed by atoms with Gasteiger partial charge in [0.25, 0.3) is 0 Å². The van der Waals surface area contributed by atoms with Crippen LogP contribution in [0.5, 0.6) is 0 Å². The summed E-state index contributed by atoms with van der Waals surface area (Å²) in [7, 11) is 0. The maximum atomic E-state index is 11.3. The first-order valence-electron chi connectivity index (χ1n) is 9.90. The Hall–Kier alpha value is -1.09. The first kappa shape index (κ1) is 22.9. The Morgan fingerprint density at radius 2 is 1.54 bits per heavy atom. The molecule has 0 radical (unpaired) electrons. The normalized spacial score (nSPS) is 20.0. The molecule has 0 aromatic carbocycles. The number of esters is 1. The Kier molecular flexibility index (Phi) is 19.0. The molecule has 0 saturated carbocycles. The molecule has 1 heterocycles. The van der Waals surface area contributed by atoms with Crippen LogP contribution in [0.4, 0.5) is 0 Å². The predicted octanol–water partition coefficient (Wildman–Crippen LogP) is 5.73. The van der Waals surface area contributed by atoms with Crippen molar-refractivity contribution in [2.45, 2.75) is 90.4 Å². The van der Waals surface area contributed by atoms with E-state index in [0.717, 1.165) is 25.7 Å². The molecule has 1 N–H and O–H groups in total. The third kappa shape index (κ3) is 19.0. The van der Waals surface area contributed by atoms with Crippen LogP contribution in [0.1, 0.15) is 90.4 Å². The van der Waals surface area contributed by atoms with Gasteiger partial charge in [-0.3, -0.25) is 0 Å². The molecule has 1 aliphatic heterocycles. The van der Waals surface area contributed by atoms with Crippen molar-refractivity contribution in [3.8, 4) is 0 Å². The number of hydrogen-bond acceptors (Lipinski definition) is 3. The van der Waals surface area contributed by atoms with Crippen LogP contribution < -0.4 is 0 Å². The van der Waals surface area contributed by atoms with Crippen molar-refractivity contribution in [3.63, 3.8) is 0 Å². The topological polar surface area (TPSA) is 46.5 Å². The van der Waals surface area contributed by atoms with Crippen LogP contribution in [0.15, 0.2) is 24.3 Å². The monoisotopic (exact) mass is 338 g/mol. The predicted molar refractivity (Wildman–Crippen MR) is 102 cm³/mol. The maximum absolute atomic E-state index is 11.3. The number of allylic oxidation sites excluding steroid dienone is 2. The molecule has 1 rings (SSSR count). The second-order valence-corrected chi connectivity index (χ2v) is 6.29. The minimum Gasteiger partial charge on any atom is -0.463 e. The Labute approximate surface area is 149 Å². The first-order valence-corrected chi connectivity index (χ1v) is 9.90. The summed E-state index contributed by atoms with van der Waals surface area (Å²) in [5, 5.41) is 8.24. The van der Waals surface area contributed by atoms with Gasteiger partial charge in [0.05, 0.1) is 6.61 Å². The summed E-state index contributed by atoms with van der Waals surface area (Å²) >= 11 is 0. The molecule has 0 aliphatic carbocycles. The van der Waals surface area contributed by atoms with Crippen LogP contribution in [0.2, 0.25) is 0 Å². The third-order valence-electron chi connectivity index (χ3n) is 3.96. The van der Waals surface area contributed by atoms with Gasteiger partial charge in [-0.1, -0.05) is 76.5 Å². The quantitative estimate of drug-likeness (QED) is 0.528. The highest BCUT2D eigenvalue weighted by molar-refractivity contribution is 5.81. The van der Waals surface area contributed by atoms with Gasteiger partial charge in [-0.25, -0.2) is 4.79 Å². The Morgan fingerprint density at radius 1 is 0.958 bits per heavy atom. The van der Waals surface area contributed by atoms with E-state index in [1.54, 1.807) is 6.08 Å². The van der Waals surface area contributed by atoms with Crippen molar-refractivity contribution < 1.29 is 14.6 Å². The van der Waals surface area contributed by atoms with E-state index in [-0.39, 0.29) is 12.6 Å². The fourth-order valence-corrected chi connectivity index (χ4v) is 2.54. The van der Waals surface area contributed by atoms with Crippen LogP contribution in [-0.4, -0.2) is 24.3 Å². The first-order chi connectivity index (χ1) is 11.8. The van der Waals surface area contributed by atoms with Crippen LogP contribution >= 0.6 is 0 Å². The second-order valence-electron chi connectivity index (χ2n) is 6.29. The smallest absolute Gasteiger partial charge is 0.330 e. The summed E-state index contributed by atoms with van der Waals surface area (Å²) < 4.78 is 5.12. The van der Waals surface area contributed by atoms with E-state index in [0.29, 0.717) is 6.61 Å². The number of aliphatic hydroxyl groups is 1. The van der Waals surface area contributed by atoms with E-state index < -0.39 is 0 Å². The fourth-order valence-electron chi connectivity index (χ4n) is 2.54. The summed E-state index contributed by atoms with van der Waals surface area (Å²) in [5.74, 6) is -0.169. The summed E-state index contributed by atoms with van der Waals surface area (Å²) in [6, 6.07) is 0. The zero-order valence-electron chi connectivity index (χ0n) is 15.7. The van der Waals surface area contributed by atoms with E-state index in [9.17, 15) is 4.79 Å². The molecule has 0 amide bonds. The molecule has 0 atom stereocenters. The van der Waals surface area contributed by atoms with Gasteiger partial charge in [-0.05, 0) is 32.1 Å². The highest BCUT2D eigenvalue weighted by Gasteiger charge is 1.98. The van der Waals surface area contributed by atoms with Crippen molar-refractivity contribution >= 4 is 5.97 Å². The molecule has 0 saturated heterocycles. The van der Waals surface area contributed by atoms with Gasteiger partial charge in [0.2, 0.25) is 0 Å². The number of hydrogen-bond donors (Lipinski definition) is 1. The van der Waals surface area contributed by atoms with Crippen molar-refractivity contribution in [2.24, 2.45) is 0 Å². The lowest BCUT2D eigenvalue weighted by atomic mass is 10.1. The van der Waals surface area contributed by atoms with E-state index in [2.05, 4.69) is 13.0 Å².